The van der Waals surface area contributed by atoms with Crippen molar-refractivity contribution in [3.8, 4) is 0 Å². The van der Waals surface area contributed by atoms with Gasteiger partial charge in [-0.1, -0.05) is 34.1 Å². The van der Waals surface area contributed by atoms with Gasteiger partial charge >= 0.3 is 5.97 Å². The van der Waals surface area contributed by atoms with Crippen LogP contribution < -0.4 is 0 Å². The van der Waals surface area contributed by atoms with Gasteiger partial charge in [0.25, 0.3) is 0 Å². The van der Waals surface area contributed by atoms with E-state index in [0.717, 1.165) is 6.42 Å². The van der Waals surface area contributed by atoms with E-state index in [-0.39, 0.29) is 35.0 Å². The number of aliphatic hydroxyl groups excluding tert-OH is 1. The first kappa shape index (κ1) is 29.0. The predicted octanol–water partition coefficient (Wildman–Crippen LogP) is 3.82. The Labute approximate surface area is 225 Å². The molecule has 0 spiro atoms. The lowest BCUT2D eigenvalue weighted by Gasteiger charge is -2.61. The summed E-state index contributed by atoms with van der Waals surface area (Å²) in [5.74, 6) is -2.41. The molecular weight excluding hydrogens is 488 g/mol. The van der Waals surface area contributed by atoms with Gasteiger partial charge in [-0.25, -0.2) is 0 Å². The first-order valence-corrected chi connectivity index (χ1v) is 14.0. The van der Waals surface area contributed by atoms with Crippen molar-refractivity contribution in [3.05, 3.63) is 23.0 Å². The second-order valence-electron chi connectivity index (χ2n) is 13.0. The van der Waals surface area contributed by atoms with Crippen LogP contribution in [0.4, 0.5) is 0 Å². The second-order valence-corrected chi connectivity index (χ2v) is 13.0. The molecule has 0 bridgehead atoms. The molecule has 4 rings (SSSR count). The first-order valence-electron chi connectivity index (χ1n) is 14.0. The number of fused-ring (bicyclic) bond motifs is 3. The third-order valence-corrected chi connectivity index (χ3v) is 9.77. The van der Waals surface area contributed by atoms with E-state index >= 15 is 0 Å². The van der Waals surface area contributed by atoms with E-state index in [2.05, 4.69) is 6.92 Å². The molecule has 9 atom stereocenters. The Morgan fingerprint density at radius 3 is 2.45 bits per heavy atom. The molecule has 38 heavy (non-hydrogen) atoms. The highest BCUT2D eigenvalue weighted by atomic mass is 16.5. The summed E-state index contributed by atoms with van der Waals surface area (Å²) in [5.41, 5.74) is -2.12. The van der Waals surface area contributed by atoms with Crippen molar-refractivity contribution in [1.29, 1.82) is 0 Å². The summed E-state index contributed by atoms with van der Waals surface area (Å²) < 4.78 is 18.4. The predicted molar refractivity (Wildman–Crippen MR) is 140 cm³/mol. The molecule has 0 aromatic carbocycles. The molecule has 1 saturated carbocycles. The Kier molecular flexibility index (Phi) is 7.52. The number of Topliss-reactive ketones (excluding diaryl/α,β-unsaturated/α-hetero) is 1. The van der Waals surface area contributed by atoms with Gasteiger partial charge in [-0.15, -0.1) is 0 Å². The quantitative estimate of drug-likeness (QED) is 0.391. The normalized spacial score (nSPS) is 37.7. The van der Waals surface area contributed by atoms with Gasteiger partial charge in [-0.05, 0) is 58.4 Å². The zero-order valence-corrected chi connectivity index (χ0v) is 24.0. The highest BCUT2D eigenvalue weighted by Crippen LogP contribution is 2.59. The molecule has 8 nitrogen and oxygen atoms in total. The highest BCUT2D eigenvalue weighted by molar-refractivity contribution is 6.22. The average Bonchev–Trinajstić information content (AvgIpc) is 2.81. The molecule has 8 heteroatoms. The Morgan fingerprint density at radius 1 is 1.21 bits per heavy atom. The van der Waals surface area contributed by atoms with Gasteiger partial charge < -0.3 is 24.4 Å². The largest absolute Gasteiger partial charge is 0.482 e. The SMILES string of the molecule is CC[C@@H](C)[C@H](OC(C)=O)[C@H](C)C1=CC(=O)C2=C(O[C@@]3(C)CC[C@@H]4O[C@H](C(C)(C)O)CC[C@@]4(C)[C@@H]3[C@H]2O)C1=O. The van der Waals surface area contributed by atoms with E-state index in [4.69, 9.17) is 14.2 Å². The summed E-state index contributed by atoms with van der Waals surface area (Å²) >= 11 is 0. The summed E-state index contributed by atoms with van der Waals surface area (Å²) in [6.45, 7) is 14.5. The maximum atomic E-state index is 13.8. The van der Waals surface area contributed by atoms with Crippen molar-refractivity contribution < 1.29 is 38.8 Å². The van der Waals surface area contributed by atoms with Gasteiger partial charge in [-0.3, -0.25) is 14.4 Å². The molecule has 2 aliphatic heterocycles. The summed E-state index contributed by atoms with van der Waals surface area (Å²) in [5, 5.41) is 22.3. The molecule has 212 valence electrons. The smallest absolute Gasteiger partial charge is 0.302 e. The molecule has 2 aliphatic carbocycles. The summed E-state index contributed by atoms with van der Waals surface area (Å²) in [6.07, 6.45) is 2.21. The van der Waals surface area contributed by atoms with Crippen LogP contribution in [-0.2, 0) is 28.6 Å². The van der Waals surface area contributed by atoms with Gasteiger partial charge in [0.15, 0.2) is 11.5 Å². The van der Waals surface area contributed by atoms with Crippen molar-refractivity contribution in [1.82, 2.24) is 0 Å². The minimum absolute atomic E-state index is 0.00693. The van der Waals surface area contributed by atoms with Crippen molar-refractivity contribution in [2.75, 3.05) is 0 Å². The number of hydrogen-bond acceptors (Lipinski definition) is 8. The lowest BCUT2D eigenvalue weighted by Crippen LogP contribution is -2.66. The third-order valence-electron chi connectivity index (χ3n) is 9.77. The number of carbonyl (C=O) groups excluding carboxylic acids is 3. The minimum atomic E-state index is -1.19. The lowest BCUT2D eigenvalue weighted by atomic mass is 9.52. The molecule has 0 amide bonds. The minimum Gasteiger partial charge on any atom is -0.482 e. The monoisotopic (exact) mass is 532 g/mol. The van der Waals surface area contributed by atoms with Crippen LogP contribution in [0.3, 0.4) is 0 Å². The highest BCUT2D eigenvalue weighted by Gasteiger charge is 2.64. The van der Waals surface area contributed by atoms with Gasteiger partial charge in [0.1, 0.15) is 11.7 Å². The fourth-order valence-electron chi connectivity index (χ4n) is 7.46. The van der Waals surface area contributed by atoms with E-state index in [1.165, 1.54) is 13.0 Å². The standard InChI is InChI=1S/C30H44O8/c1-9-15(2)25(36-17(4)31)16(3)18-14-19(32)22-24(34)27-29(7)12-10-20(28(5,6)35)37-21(29)11-13-30(27,8)38-26(22)23(18)33/h14-16,20-21,24-25,27,34-35H,9-13H2,1-8H3/t15-,16-,20+,21+,24+,25+,27+,29-,30+/m1/s1. The van der Waals surface area contributed by atoms with E-state index in [1.54, 1.807) is 20.8 Å². The summed E-state index contributed by atoms with van der Waals surface area (Å²) in [6, 6.07) is 0. The van der Waals surface area contributed by atoms with Crippen LogP contribution in [0.1, 0.15) is 87.5 Å². The number of hydrogen-bond donors (Lipinski definition) is 2. The van der Waals surface area contributed by atoms with Crippen molar-refractivity contribution in [2.45, 2.75) is 123 Å². The van der Waals surface area contributed by atoms with Crippen LogP contribution in [0.5, 0.6) is 0 Å². The zero-order chi connectivity index (χ0) is 28.4. The van der Waals surface area contributed by atoms with Gasteiger partial charge in [0, 0.05) is 29.7 Å². The number of ether oxygens (including phenoxy) is 3. The van der Waals surface area contributed by atoms with Crippen LogP contribution >= 0.6 is 0 Å². The Hall–Kier alpha value is -2.03. The molecule has 2 heterocycles. The number of carbonyl (C=O) groups is 3. The van der Waals surface area contributed by atoms with Crippen molar-refractivity contribution >= 4 is 17.5 Å². The van der Waals surface area contributed by atoms with E-state index in [1.807, 2.05) is 20.8 Å². The molecule has 0 unspecified atom stereocenters. The summed E-state index contributed by atoms with van der Waals surface area (Å²) in [7, 11) is 0. The van der Waals surface area contributed by atoms with E-state index in [0.29, 0.717) is 25.7 Å². The van der Waals surface area contributed by atoms with E-state index < -0.39 is 58.2 Å². The fourth-order valence-corrected chi connectivity index (χ4v) is 7.46. The van der Waals surface area contributed by atoms with Crippen molar-refractivity contribution in [2.24, 2.45) is 23.2 Å². The summed E-state index contributed by atoms with van der Waals surface area (Å²) in [4.78, 5) is 39.1. The first-order chi connectivity index (χ1) is 17.5. The second kappa shape index (κ2) is 9.86. The van der Waals surface area contributed by atoms with Gasteiger partial charge in [0.2, 0.25) is 5.78 Å². The Morgan fingerprint density at radius 2 is 1.87 bits per heavy atom. The van der Waals surface area contributed by atoms with E-state index in [9.17, 15) is 24.6 Å². The van der Waals surface area contributed by atoms with Crippen LogP contribution in [0.25, 0.3) is 0 Å². The number of aliphatic hydroxyl groups is 2. The number of rotatable bonds is 6. The Bertz CT molecular complexity index is 1070. The number of allylic oxidation sites excluding steroid dienone is 2. The molecule has 2 fully saturated rings. The fraction of sp³-hybridized carbons (Fsp3) is 0.767. The zero-order valence-electron chi connectivity index (χ0n) is 24.0. The van der Waals surface area contributed by atoms with Gasteiger partial charge in [0.05, 0.1) is 29.5 Å². The molecule has 4 aliphatic rings. The molecule has 0 radical (unpaired) electrons. The molecule has 2 N–H and O–H groups in total. The van der Waals surface area contributed by atoms with Crippen LogP contribution in [0.2, 0.25) is 0 Å². The lowest BCUT2D eigenvalue weighted by molar-refractivity contribution is -0.260. The van der Waals surface area contributed by atoms with Crippen LogP contribution in [0.15, 0.2) is 23.0 Å². The number of esters is 1. The van der Waals surface area contributed by atoms with Crippen molar-refractivity contribution in [3.63, 3.8) is 0 Å². The molecule has 0 aromatic heterocycles. The molecular formula is C30H44O8. The van der Waals surface area contributed by atoms with Gasteiger partial charge in [-0.2, -0.15) is 0 Å². The molecule has 1 saturated heterocycles. The average molecular weight is 533 g/mol. The maximum absolute atomic E-state index is 13.8. The number of ketones is 2. The topological polar surface area (TPSA) is 119 Å². The maximum Gasteiger partial charge on any atom is 0.302 e. The Balaban J connectivity index is 1.67. The molecule has 0 aromatic rings. The van der Waals surface area contributed by atoms with Crippen LogP contribution in [0, 0.1) is 23.2 Å². The van der Waals surface area contributed by atoms with Crippen LogP contribution in [-0.4, -0.2) is 63.4 Å². The third kappa shape index (κ3) is 4.66.